The molecule has 5 rings (SSSR count). The third kappa shape index (κ3) is 2.53. The smallest absolute Gasteiger partial charge is 0.155 e. The van der Waals surface area contributed by atoms with Crippen molar-refractivity contribution in [1.29, 1.82) is 0 Å². The summed E-state index contributed by atoms with van der Waals surface area (Å²) in [6, 6.07) is 3.17. The molecule has 0 N–H and O–H groups in total. The van der Waals surface area contributed by atoms with Crippen molar-refractivity contribution in [1.82, 2.24) is 29.3 Å². The maximum Gasteiger partial charge on any atom is 0.155 e. The molecule has 0 amide bonds. The predicted molar refractivity (Wildman–Crippen MR) is 105 cm³/mol. The Hall–Kier alpha value is -2.21. The SMILES string of the molecule is Cc1c(CN2[C@H]3CC[C@@H]2c2cnc4cc(C(C)(C)C)nn4c2C3)cnn1C. The van der Waals surface area contributed by atoms with Gasteiger partial charge in [-0.15, -0.1) is 0 Å². The third-order valence-corrected chi connectivity index (χ3v) is 6.50. The van der Waals surface area contributed by atoms with E-state index in [2.05, 4.69) is 54.5 Å². The maximum atomic E-state index is 4.94. The van der Waals surface area contributed by atoms with Gasteiger partial charge in [-0.25, -0.2) is 9.50 Å². The lowest BCUT2D eigenvalue weighted by atomic mass is 9.93. The van der Waals surface area contributed by atoms with Gasteiger partial charge in [0, 0.05) is 66.6 Å². The molecule has 1 fully saturated rings. The lowest BCUT2D eigenvalue weighted by Gasteiger charge is -2.36. The minimum atomic E-state index is 0.0398. The second-order valence-electron chi connectivity index (χ2n) is 9.21. The molecule has 0 unspecified atom stereocenters. The molecule has 2 atom stereocenters. The van der Waals surface area contributed by atoms with Gasteiger partial charge in [-0.1, -0.05) is 20.8 Å². The molecule has 0 radical (unpaired) electrons. The Morgan fingerprint density at radius 1 is 1.19 bits per heavy atom. The molecule has 6 heteroatoms. The Kier molecular flexibility index (Phi) is 3.54. The summed E-state index contributed by atoms with van der Waals surface area (Å²) in [6.07, 6.45) is 7.63. The van der Waals surface area contributed by atoms with E-state index in [0.29, 0.717) is 12.1 Å². The van der Waals surface area contributed by atoms with E-state index in [0.717, 1.165) is 24.3 Å². The number of rotatable bonds is 2. The Balaban J connectivity index is 1.54. The Morgan fingerprint density at radius 2 is 2.00 bits per heavy atom. The van der Waals surface area contributed by atoms with Crippen molar-refractivity contribution in [2.45, 2.75) is 71.0 Å². The largest absolute Gasteiger partial charge is 0.288 e. The highest BCUT2D eigenvalue weighted by molar-refractivity contribution is 5.45. The average molecular weight is 364 g/mol. The lowest BCUT2D eigenvalue weighted by molar-refractivity contribution is 0.164. The van der Waals surface area contributed by atoms with Crippen LogP contribution in [0.15, 0.2) is 18.5 Å². The van der Waals surface area contributed by atoms with Crippen LogP contribution in [0.25, 0.3) is 5.65 Å². The molecule has 1 saturated heterocycles. The molecule has 2 aliphatic rings. The first-order valence-corrected chi connectivity index (χ1v) is 9.94. The fourth-order valence-corrected chi connectivity index (χ4v) is 4.69. The fourth-order valence-electron chi connectivity index (χ4n) is 4.69. The van der Waals surface area contributed by atoms with Gasteiger partial charge in [-0.2, -0.15) is 10.2 Å². The average Bonchev–Trinajstić information content (AvgIpc) is 3.26. The highest BCUT2D eigenvalue weighted by Crippen LogP contribution is 2.44. The van der Waals surface area contributed by atoms with Crippen molar-refractivity contribution in [2.75, 3.05) is 0 Å². The quantitative estimate of drug-likeness (QED) is 0.700. The summed E-state index contributed by atoms with van der Waals surface area (Å²) in [6.45, 7) is 9.76. The summed E-state index contributed by atoms with van der Waals surface area (Å²) < 4.78 is 4.09. The van der Waals surface area contributed by atoms with Crippen LogP contribution in [-0.4, -0.2) is 35.3 Å². The topological polar surface area (TPSA) is 51.3 Å². The molecule has 3 aromatic rings. The summed E-state index contributed by atoms with van der Waals surface area (Å²) in [7, 11) is 2.02. The highest BCUT2D eigenvalue weighted by Gasteiger charge is 2.41. The van der Waals surface area contributed by atoms with Crippen molar-refractivity contribution in [3.63, 3.8) is 0 Å². The van der Waals surface area contributed by atoms with Crippen molar-refractivity contribution in [3.05, 3.63) is 46.7 Å². The second-order valence-corrected chi connectivity index (χ2v) is 9.21. The van der Waals surface area contributed by atoms with Crippen LogP contribution in [0.1, 0.15) is 67.9 Å². The number of nitrogens with zero attached hydrogens (tertiary/aromatic N) is 6. The molecular formula is C21H28N6. The van der Waals surface area contributed by atoms with E-state index in [-0.39, 0.29) is 5.41 Å². The monoisotopic (exact) mass is 364 g/mol. The van der Waals surface area contributed by atoms with Crippen LogP contribution in [0, 0.1) is 6.92 Å². The van der Waals surface area contributed by atoms with Gasteiger partial charge in [0.25, 0.3) is 0 Å². The molecule has 6 nitrogen and oxygen atoms in total. The molecular weight excluding hydrogens is 336 g/mol. The van der Waals surface area contributed by atoms with E-state index in [9.17, 15) is 0 Å². The van der Waals surface area contributed by atoms with Crippen LogP contribution >= 0.6 is 0 Å². The predicted octanol–water partition coefficient (Wildman–Crippen LogP) is 3.33. The zero-order valence-electron chi connectivity index (χ0n) is 16.9. The number of aromatic nitrogens is 5. The van der Waals surface area contributed by atoms with Crippen molar-refractivity contribution < 1.29 is 0 Å². The molecule has 2 bridgehead atoms. The standard InChI is InChI=1S/C21H28N6/c1-13-14(10-23-25(13)5)12-26-15-6-7-17(26)16-11-22-20-9-19(21(2,3)4)24-27(20)18(16)8-15/h9-11,15,17H,6-8,12H2,1-5H3/t15-,17+/m0/s1. The van der Waals surface area contributed by atoms with Gasteiger partial charge < -0.3 is 0 Å². The van der Waals surface area contributed by atoms with Crippen LogP contribution in [0.4, 0.5) is 0 Å². The number of hydrogen-bond acceptors (Lipinski definition) is 4. The second kappa shape index (κ2) is 5.64. The molecule has 2 aliphatic heterocycles. The summed E-state index contributed by atoms with van der Waals surface area (Å²) in [5.41, 5.74) is 7.46. The van der Waals surface area contributed by atoms with Crippen LogP contribution < -0.4 is 0 Å². The van der Waals surface area contributed by atoms with E-state index >= 15 is 0 Å². The fraction of sp³-hybridized carbons (Fsp3) is 0.571. The highest BCUT2D eigenvalue weighted by atomic mass is 15.3. The van der Waals surface area contributed by atoms with Gasteiger partial charge in [0.1, 0.15) is 0 Å². The van der Waals surface area contributed by atoms with Crippen LogP contribution in [-0.2, 0) is 25.4 Å². The Bertz CT molecular complexity index is 1020. The first kappa shape index (κ1) is 16.9. The number of fused-ring (bicyclic) bond motifs is 6. The van der Waals surface area contributed by atoms with Gasteiger partial charge in [-0.3, -0.25) is 9.58 Å². The minimum absolute atomic E-state index is 0.0398. The van der Waals surface area contributed by atoms with Crippen LogP contribution in [0.3, 0.4) is 0 Å². The van der Waals surface area contributed by atoms with Crippen molar-refractivity contribution in [3.8, 4) is 0 Å². The molecule has 142 valence electrons. The molecule has 0 spiro atoms. The van der Waals surface area contributed by atoms with Crippen LogP contribution in [0.5, 0.6) is 0 Å². The minimum Gasteiger partial charge on any atom is -0.288 e. The van der Waals surface area contributed by atoms with E-state index in [1.54, 1.807) is 0 Å². The van der Waals surface area contributed by atoms with Gasteiger partial charge in [0.15, 0.2) is 5.65 Å². The summed E-state index contributed by atoms with van der Waals surface area (Å²) in [4.78, 5) is 7.43. The Morgan fingerprint density at radius 3 is 2.70 bits per heavy atom. The Labute approximate surface area is 160 Å². The normalized spacial score (nSPS) is 22.6. The molecule has 27 heavy (non-hydrogen) atoms. The number of aryl methyl sites for hydroxylation is 1. The molecule has 3 aromatic heterocycles. The van der Waals surface area contributed by atoms with Gasteiger partial charge in [0.2, 0.25) is 0 Å². The van der Waals surface area contributed by atoms with E-state index in [1.807, 2.05) is 17.9 Å². The summed E-state index contributed by atoms with van der Waals surface area (Å²) in [5.74, 6) is 0. The van der Waals surface area contributed by atoms with Gasteiger partial charge >= 0.3 is 0 Å². The maximum absolute atomic E-state index is 4.94. The van der Waals surface area contributed by atoms with E-state index in [4.69, 9.17) is 10.1 Å². The molecule has 0 saturated carbocycles. The molecule has 5 heterocycles. The lowest BCUT2D eigenvalue weighted by Crippen LogP contribution is -2.38. The van der Waals surface area contributed by atoms with Gasteiger partial charge in [0.05, 0.1) is 17.6 Å². The van der Waals surface area contributed by atoms with Crippen molar-refractivity contribution >= 4 is 5.65 Å². The van der Waals surface area contributed by atoms with Crippen molar-refractivity contribution in [2.24, 2.45) is 7.05 Å². The number of hydrogen-bond donors (Lipinski definition) is 0. The summed E-state index contributed by atoms with van der Waals surface area (Å²) >= 11 is 0. The zero-order valence-corrected chi connectivity index (χ0v) is 16.9. The first-order valence-electron chi connectivity index (χ1n) is 9.94. The zero-order chi connectivity index (χ0) is 18.9. The summed E-state index contributed by atoms with van der Waals surface area (Å²) in [5, 5.41) is 9.37. The first-order chi connectivity index (χ1) is 12.8. The van der Waals surface area contributed by atoms with Gasteiger partial charge in [-0.05, 0) is 19.8 Å². The molecule has 0 aliphatic carbocycles. The molecule has 0 aromatic carbocycles. The third-order valence-electron chi connectivity index (χ3n) is 6.50. The van der Waals surface area contributed by atoms with E-state index < -0.39 is 0 Å². The van der Waals surface area contributed by atoms with E-state index in [1.165, 1.54) is 35.4 Å². The van der Waals surface area contributed by atoms with Crippen LogP contribution in [0.2, 0.25) is 0 Å².